The molecule has 0 bridgehead atoms. The summed E-state index contributed by atoms with van der Waals surface area (Å²) in [5.74, 6) is 0. The number of carbonyl (C=O) groups is 1. The minimum atomic E-state index is 0. The molecule has 0 saturated carbocycles. The van der Waals surface area contributed by atoms with Crippen molar-refractivity contribution in [1.29, 1.82) is 0 Å². The monoisotopic (exact) mass is 162 g/mol. The first-order valence-electron chi connectivity index (χ1n) is 3.29. The van der Waals surface area contributed by atoms with Crippen LogP contribution in [0.5, 0.6) is 0 Å². The Morgan fingerprint density at radius 1 is 1.50 bits per heavy atom. The third kappa shape index (κ3) is 1.09. The Morgan fingerprint density at radius 2 is 2.33 bits per heavy atom. The number of hydrogen-bond acceptors (Lipinski definition) is 2. The smallest absolute Gasteiger partial charge is 0.152 e. The number of aromatic nitrogens is 2. The molecule has 0 aliphatic heterocycles. The lowest BCUT2D eigenvalue weighted by Crippen LogP contribution is -1.75. The Bertz CT molecular complexity index is 392. The van der Waals surface area contributed by atoms with Crippen molar-refractivity contribution in [3.63, 3.8) is 0 Å². The lowest BCUT2D eigenvalue weighted by molar-refractivity contribution is 0.112. The molecular weight excluding hydrogens is 152 g/mol. The average Bonchev–Trinajstić information content (AvgIpc) is 2.47. The van der Waals surface area contributed by atoms with Crippen LogP contribution in [0.25, 0.3) is 11.0 Å². The lowest BCUT2D eigenvalue weighted by atomic mass is 10.2. The van der Waals surface area contributed by atoms with Crippen LogP contribution in [0.3, 0.4) is 0 Å². The van der Waals surface area contributed by atoms with Crippen LogP contribution in [0.1, 0.15) is 17.8 Å². The van der Waals surface area contributed by atoms with Crippen molar-refractivity contribution in [2.45, 2.75) is 7.43 Å². The highest BCUT2D eigenvalue weighted by Gasteiger charge is 2.00. The molecule has 2 aromatic rings. The number of aromatic amines is 1. The average molecular weight is 162 g/mol. The van der Waals surface area contributed by atoms with E-state index in [2.05, 4.69) is 9.97 Å². The topological polar surface area (TPSA) is 45.8 Å². The van der Waals surface area contributed by atoms with E-state index in [0.717, 1.165) is 17.3 Å². The number of fused-ring (bicyclic) bond motifs is 1. The highest BCUT2D eigenvalue weighted by atomic mass is 16.1. The third-order valence-corrected chi connectivity index (χ3v) is 1.61. The maximum atomic E-state index is 10.4. The van der Waals surface area contributed by atoms with Gasteiger partial charge in [-0.05, 0) is 12.1 Å². The van der Waals surface area contributed by atoms with Crippen LogP contribution in [-0.4, -0.2) is 16.3 Å². The van der Waals surface area contributed by atoms with Gasteiger partial charge in [-0.2, -0.15) is 0 Å². The second-order valence-corrected chi connectivity index (χ2v) is 2.26. The predicted molar refractivity (Wildman–Crippen MR) is 48.2 cm³/mol. The van der Waals surface area contributed by atoms with Crippen LogP contribution in [0.15, 0.2) is 24.5 Å². The quantitative estimate of drug-likeness (QED) is 0.652. The number of rotatable bonds is 1. The number of H-pyrrole nitrogens is 1. The molecule has 0 saturated heterocycles. The molecular formula is C9H10N2O. The molecule has 2 aromatic heterocycles. The van der Waals surface area contributed by atoms with Crippen molar-refractivity contribution in [2.24, 2.45) is 0 Å². The summed E-state index contributed by atoms with van der Waals surface area (Å²) in [6, 6.07) is 3.67. The van der Waals surface area contributed by atoms with Gasteiger partial charge >= 0.3 is 0 Å². The molecule has 12 heavy (non-hydrogen) atoms. The van der Waals surface area contributed by atoms with Gasteiger partial charge in [0, 0.05) is 23.3 Å². The lowest BCUT2D eigenvalue weighted by Gasteiger charge is -1.85. The predicted octanol–water partition coefficient (Wildman–Crippen LogP) is 2.01. The summed E-state index contributed by atoms with van der Waals surface area (Å²) in [5, 5.41) is 0.877. The van der Waals surface area contributed by atoms with E-state index in [1.807, 2.05) is 12.1 Å². The zero-order valence-corrected chi connectivity index (χ0v) is 5.74. The molecule has 0 aliphatic carbocycles. The number of pyridine rings is 1. The first-order chi connectivity index (χ1) is 5.42. The Kier molecular flexibility index (Phi) is 2.24. The molecule has 1 N–H and O–H groups in total. The zero-order chi connectivity index (χ0) is 7.68. The maximum Gasteiger partial charge on any atom is 0.152 e. The molecule has 2 rings (SSSR count). The highest BCUT2D eigenvalue weighted by Crippen LogP contribution is 2.12. The molecule has 0 amide bonds. The van der Waals surface area contributed by atoms with Crippen LogP contribution in [-0.2, 0) is 0 Å². The van der Waals surface area contributed by atoms with E-state index in [1.165, 1.54) is 0 Å². The van der Waals surface area contributed by atoms with E-state index in [4.69, 9.17) is 0 Å². The van der Waals surface area contributed by atoms with E-state index in [1.54, 1.807) is 12.4 Å². The molecule has 0 unspecified atom stereocenters. The zero-order valence-electron chi connectivity index (χ0n) is 5.74. The minimum absolute atomic E-state index is 0. The summed E-state index contributed by atoms with van der Waals surface area (Å²) in [5.41, 5.74) is 1.42. The fraction of sp³-hybridized carbons (Fsp3) is 0.111. The number of nitrogens with one attached hydrogen (secondary N) is 1. The van der Waals surface area contributed by atoms with E-state index >= 15 is 0 Å². The fourth-order valence-electron chi connectivity index (χ4n) is 1.07. The molecule has 0 aromatic carbocycles. The van der Waals surface area contributed by atoms with E-state index < -0.39 is 0 Å². The molecule has 0 radical (unpaired) electrons. The number of aldehydes is 1. The molecule has 0 aliphatic rings. The van der Waals surface area contributed by atoms with Gasteiger partial charge in [0.1, 0.15) is 5.65 Å². The molecule has 0 spiro atoms. The molecule has 0 fully saturated rings. The first-order valence-corrected chi connectivity index (χ1v) is 3.29. The summed E-state index contributed by atoms with van der Waals surface area (Å²) in [4.78, 5) is 17.4. The maximum absolute atomic E-state index is 10.4. The van der Waals surface area contributed by atoms with Gasteiger partial charge in [0.05, 0.1) is 0 Å². The van der Waals surface area contributed by atoms with Gasteiger partial charge in [0.2, 0.25) is 0 Å². The van der Waals surface area contributed by atoms with Gasteiger partial charge in [-0.3, -0.25) is 4.79 Å². The van der Waals surface area contributed by atoms with Crippen LogP contribution in [0.2, 0.25) is 0 Å². The summed E-state index contributed by atoms with van der Waals surface area (Å²) < 4.78 is 0. The Balaban J connectivity index is 0.000000720. The number of carbonyl (C=O) groups excluding carboxylic acids is 1. The molecule has 2 heterocycles. The van der Waals surface area contributed by atoms with Crippen molar-refractivity contribution in [1.82, 2.24) is 9.97 Å². The van der Waals surface area contributed by atoms with Crippen molar-refractivity contribution < 1.29 is 4.79 Å². The summed E-state index contributed by atoms with van der Waals surface area (Å²) in [7, 11) is 0. The highest BCUT2D eigenvalue weighted by molar-refractivity contribution is 5.95. The Hall–Kier alpha value is -1.64. The van der Waals surface area contributed by atoms with Gasteiger partial charge in [0.15, 0.2) is 6.29 Å². The Morgan fingerprint density at radius 3 is 3.08 bits per heavy atom. The van der Waals surface area contributed by atoms with Crippen molar-refractivity contribution in [3.8, 4) is 0 Å². The number of hydrogen-bond donors (Lipinski definition) is 1. The molecule has 3 nitrogen and oxygen atoms in total. The minimum Gasteiger partial charge on any atom is -0.345 e. The van der Waals surface area contributed by atoms with Gasteiger partial charge in [-0.15, -0.1) is 0 Å². The SMILES string of the molecule is C.O=Cc1c[nH]c2ncccc12. The van der Waals surface area contributed by atoms with E-state index in [9.17, 15) is 4.79 Å². The van der Waals surface area contributed by atoms with Crippen LogP contribution < -0.4 is 0 Å². The summed E-state index contributed by atoms with van der Waals surface area (Å²) in [6.07, 6.45) is 4.17. The van der Waals surface area contributed by atoms with Gasteiger partial charge in [-0.1, -0.05) is 7.43 Å². The van der Waals surface area contributed by atoms with Gasteiger partial charge in [-0.25, -0.2) is 4.98 Å². The van der Waals surface area contributed by atoms with E-state index in [-0.39, 0.29) is 7.43 Å². The normalized spacial score (nSPS) is 9.33. The molecule has 0 atom stereocenters. The van der Waals surface area contributed by atoms with E-state index in [0.29, 0.717) is 5.56 Å². The second kappa shape index (κ2) is 3.17. The van der Waals surface area contributed by atoms with Crippen LogP contribution in [0, 0.1) is 0 Å². The summed E-state index contributed by atoms with van der Waals surface area (Å²) >= 11 is 0. The van der Waals surface area contributed by atoms with Crippen molar-refractivity contribution >= 4 is 17.3 Å². The largest absolute Gasteiger partial charge is 0.345 e. The molecule has 62 valence electrons. The van der Waals surface area contributed by atoms with Crippen LogP contribution >= 0.6 is 0 Å². The fourth-order valence-corrected chi connectivity index (χ4v) is 1.07. The molecule has 3 heteroatoms. The standard InChI is InChI=1S/C8H6N2O.CH4/c11-5-6-4-10-8-7(6)2-1-3-9-8;/h1-5H,(H,9,10);1H4. The van der Waals surface area contributed by atoms with Crippen molar-refractivity contribution in [2.75, 3.05) is 0 Å². The van der Waals surface area contributed by atoms with Crippen LogP contribution in [0.4, 0.5) is 0 Å². The first kappa shape index (κ1) is 8.46. The summed E-state index contributed by atoms with van der Waals surface area (Å²) in [6.45, 7) is 0. The Labute approximate surface area is 70.4 Å². The van der Waals surface area contributed by atoms with Gasteiger partial charge < -0.3 is 4.98 Å². The van der Waals surface area contributed by atoms with Gasteiger partial charge in [0.25, 0.3) is 0 Å². The second-order valence-electron chi connectivity index (χ2n) is 2.26. The number of nitrogens with zero attached hydrogens (tertiary/aromatic N) is 1. The third-order valence-electron chi connectivity index (χ3n) is 1.61. The van der Waals surface area contributed by atoms with Crippen molar-refractivity contribution in [3.05, 3.63) is 30.1 Å².